The third-order valence-electron chi connectivity index (χ3n) is 3.78. The molecule has 3 aromatic rings. The van der Waals surface area contributed by atoms with Gasteiger partial charge in [-0.05, 0) is 53.6 Å². The van der Waals surface area contributed by atoms with Crippen LogP contribution >= 0.6 is 0 Å². The zero-order valence-corrected chi connectivity index (χ0v) is 15.0. The summed E-state index contributed by atoms with van der Waals surface area (Å²) < 4.78 is 5.66. The minimum atomic E-state index is -0.523. The number of nitro groups is 2. The van der Waals surface area contributed by atoms with Gasteiger partial charge in [0, 0.05) is 18.2 Å². The predicted molar refractivity (Wildman–Crippen MR) is 106 cm³/mol. The van der Waals surface area contributed by atoms with Crippen LogP contribution in [0.3, 0.4) is 0 Å². The topological polar surface area (TPSA) is 133 Å². The molecular formula is C19H15N5O5. The van der Waals surface area contributed by atoms with Crippen LogP contribution < -0.4 is 10.2 Å². The molecule has 1 aromatic heterocycles. The van der Waals surface area contributed by atoms with E-state index in [-0.39, 0.29) is 11.4 Å². The van der Waals surface area contributed by atoms with Gasteiger partial charge in [0.25, 0.3) is 11.4 Å². The lowest BCUT2D eigenvalue weighted by atomic mass is 10.2. The molecule has 10 nitrogen and oxygen atoms in total. The number of hydrogen-bond donors (Lipinski definition) is 1. The van der Waals surface area contributed by atoms with E-state index >= 15 is 0 Å². The summed E-state index contributed by atoms with van der Waals surface area (Å²) in [6.45, 7) is 0.290. The number of hydrogen-bond acceptors (Lipinski definition) is 8. The van der Waals surface area contributed by atoms with Crippen LogP contribution in [0.15, 0.2) is 72.0 Å². The number of ether oxygens (including phenoxy) is 1. The van der Waals surface area contributed by atoms with E-state index < -0.39 is 9.85 Å². The molecule has 0 spiro atoms. The van der Waals surface area contributed by atoms with Crippen LogP contribution in [-0.2, 0) is 6.61 Å². The highest BCUT2D eigenvalue weighted by Crippen LogP contribution is 2.16. The first-order chi connectivity index (χ1) is 14.0. The fourth-order valence-corrected chi connectivity index (χ4v) is 2.26. The van der Waals surface area contributed by atoms with E-state index in [2.05, 4.69) is 15.5 Å². The fraction of sp³-hybridized carbons (Fsp3) is 0.0526. The molecule has 1 heterocycles. The number of nitrogens with zero attached hydrogens (tertiary/aromatic N) is 4. The quantitative estimate of drug-likeness (QED) is 0.348. The Morgan fingerprint density at radius 1 is 0.931 bits per heavy atom. The first-order valence-corrected chi connectivity index (χ1v) is 8.37. The van der Waals surface area contributed by atoms with E-state index in [1.165, 1.54) is 24.3 Å². The Labute approximate surface area is 164 Å². The maximum atomic E-state index is 10.6. The third-order valence-corrected chi connectivity index (χ3v) is 3.78. The highest BCUT2D eigenvalue weighted by molar-refractivity contribution is 5.80. The number of benzene rings is 2. The van der Waals surface area contributed by atoms with Crippen molar-refractivity contribution >= 4 is 23.4 Å². The number of nitrogens with one attached hydrogen (secondary N) is 1. The van der Waals surface area contributed by atoms with E-state index in [9.17, 15) is 20.2 Å². The van der Waals surface area contributed by atoms with Crippen LogP contribution in [-0.4, -0.2) is 21.0 Å². The van der Waals surface area contributed by atoms with Crippen molar-refractivity contribution in [2.75, 3.05) is 5.43 Å². The Hall–Kier alpha value is -4.34. The molecule has 10 heteroatoms. The van der Waals surface area contributed by atoms with Crippen LogP contribution in [0.2, 0.25) is 0 Å². The lowest BCUT2D eigenvalue weighted by Gasteiger charge is -2.06. The van der Waals surface area contributed by atoms with E-state index in [0.717, 1.165) is 17.3 Å². The summed E-state index contributed by atoms with van der Waals surface area (Å²) in [5, 5.41) is 25.3. The summed E-state index contributed by atoms with van der Waals surface area (Å²) in [4.78, 5) is 24.2. The lowest BCUT2D eigenvalue weighted by molar-refractivity contribution is -0.385. The molecule has 3 rings (SSSR count). The van der Waals surface area contributed by atoms with Crippen molar-refractivity contribution in [3.63, 3.8) is 0 Å². The van der Waals surface area contributed by atoms with Crippen molar-refractivity contribution in [3.05, 3.63) is 98.2 Å². The highest BCUT2D eigenvalue weighted by atomic mass is 16.6. The SMILES string of the molecule is O=[N+]([O-])c1ccc(COc2ccc(/C=N/Nc3ccc([N+](=O)[O-])cn3)cc2)cc1. The molecule has 0 bridgehead atoms. The van der Waals surface area contributed by atoms with Crippen molar-refractivity contribution in [1.29, 1.82) is 0 Å². The Morgan fingerprint density at radius 3 is 2.17 bits per heavy atom. The number of pyridine rings is 1. The lowest BCUT2D eigenvalue weighted by Crippen LogP contribution is -1.97. The zero-order chi connectivity index (χ0) is 20.6. The van der Waals surface area contributed by atoms with Crippen molar-refractivity contribution in [2.45, 2.75) is 6.61 Å². The molecule has 0 atom stereocenters. The molecular weight excluding hydrogens is 378 g/mol. The largest absolute Gasteiger partial charge is 0.489 e. The maximum Gasteiger partial charge on any atom is 0.287 e. The molecule has 146 valence electrons. The van der Waals surface area contributed by atoms with Crippen LogP contribution in [0.4, 0.5) is 17.2 Å². The van der Waals surface area contributed by atoms with Gasteiger partial charge in [0.05, 0.1) is 16.1 Å². The second-order valence-corrected chi connectivity index (χ2v) is 5.81. The molecule has 29 heavy (non-hydrogen) atoms. The van der Waals surface area contributed by atoms with Crippen molar-refractivity contribution in [1.82, 2.24) is 4.98 Å². The molecule has 0 saturated carbocycles. The molecule has 0 unspecified atom stereocenters. The summed E-state index contributed by atoms with van der Waals surface area (Å²) in [5.74, 6) is 1.03. The van der Waals surface area contributed by atoms with E-state index in [4.69, 9.17) is 4.74 Å². The Bertz CT molecular complexity index is 1020. The second kappa shape index (κ2) is 9.04. The molecule has 0 aliphatic rings. The van der Waals surface area contributed by atoms with Crippen LogP contribution in [0.5, 0.6) is 5.75 Å². The smallest absolute Gasteiger partial charge is 0.287 e. The van der Waals surface area contributed by atoms with Gasteiger partial charge in [0.1, 0.15) is 24.4 Å². The molecule has 0 saturated heterocycles. The average molecular weight is 393 g/mol. The van der Waals surface area contributed by atoms with Crippen molar-refractivity contribution in [2.24, 2.45) is 5.10 Å². The Kier molecular flexibility index (Phi) is 6.05. The summed E-state index contributed by atoms with van der Waals surface area (Å²) >= 11 is 0. The van der Waals surface area contributed by atoms with Gasteiger partial charge >= 0.3 is 0 Å². The normalized spacial score (nSPS) is 10.6. The first kappa shape index (κ1) is 19.4. The average Bonchev–Trinajstić information content (AvgIpc) is 2.74. The summed E-state index contributed by atoms with van der Waals surface area (Å²) in [6, 6.07) is 16.1. The van der Waals surface area contributed by atoms with Crippen molar-refractivity contribution < 1.29 is 14.6 Å². The predicted octanol–water partition coefficient (Wildman–Crippen LogP) is 3.92. The van der Waals surface area contributed by atoms with E-state index in [1.54, 1.807) is 42.6 Å². The van der Waals surface area contributed by atoms with Crippen LogP contribution in [0.1, 0.15) is 11.1 Å². The highest BCUT2D eigenvalue weighted by Gasteiger charge is 2.05. The number of non-ortho nitro benzene ring substituents is 1. The van der Waals surface area contributed by atoms with Gasteiger partial charge in [-0.1, -0.05) is 0 Å². The molecule has 1 N–H and O–H groups in total. The minimum absolute atomic E-state index is 0.0370. The monoisotopic (exact) mass is 393 g/mol. The van der Waals surface area contributed by atoms with Gasteiger partial charge < -0.3 is 4.74 Å². The van der Waals surface area contributed by atoms with Gasteiger partial charge in [0.2, 0.25) is 0 Å². The zero-order valence-electron chi connectivity index (χ0n) is 15.0. The van der Waals surface area contributed by atoms with E-state index in [1.807, 2.05) is 0 Å². The Balaban J connectivity index is 1.51. The minimum Gasteiger partial charge on any atom is -0.489 e. The van der Waals surface area contributed by atoms with Crippen LogP contribution in [0.25, 0.3) is 0 Å². The molecule has 0 radical (unpaired) electrons. The van der Waals surface area contributed by atoms with Gasteiger partial charge in [-0.25, -0.2) is 4.98 Å². The molecule has 0 aliphatic carbocycles. The van der Waals surface area contributed by atoms with Crippen LogP contribution in [0, 0.1) is 20.2 Å². The number of rotatable bonds is 8. The molecule has 0 fully saturated rings. The van der Waals surface area contributed by atoms with Gasteiger partial charge in [0.15, 0.2) is 0 Å². The van der Waals surface area contributed by atoms with Crippen molar-refractivity contribution in [3.8, 4) is 5.75 Å². The maximum absolute atomic E-state index is 10.6. The summed E-state index contributed by atoms with van der Waals surface area (Å²) in [6.07, 6.45) is 2.72. The number of aromatic nitrogens is 1. The number of nitro benzene ring substituents is 1. The van der Waals surface area contributed by atoms with Gasteiger partial charge in [-0.3, -0.25) is 25.7 Å². The summed E-state index contributed by atoms with van der Waals surface area (Å²) in [5.41, 5.74) is 4.26. The molecule has 0 aliphatic heterocycles. The summed E-state index contributed by atoms with van der Waals surface area (Å²) in [7, 11) is 0. The van der Waals surface area contributed by atoms with Gasteiger partial charge in [-0.2, -0.15) is 5.10 Å². The van der Waals surface area contributed by atoms with E-state index in [0.29, 0.717) is 18.2 Å². The van der Waals surface area contributed by atoms with Gasteiger partial charge in [-0.15, -0.1) is 0 Å². The fourth-order valence-electron chi connectivity index (χ4n) is 2.26. The molecule has 2 aromatic carbocycles. The number of anilines is 1. The first-order valence-electron chi connectivity index (χ1n) is 8.37. The number of hydrazone groups is 1. The molecule has 0 amide bonds. The second-order valence-electron chi connectivity index (χ2n) is 5.81. The Morgan fingerprint density at radius 2 is 1.59 bits per heavy atom. The third kappa shape index (κ3) is 5.57. The standard InChI is InChI=1S/C19H15N5O5/c25-23(26)16-5-1-15(2-6-16)13-29-18-8-3-14(4-9-18)11-21-22-19-10-7-17(12-20-19)24(27)28/h1-12H,13H2,(H,20,22)/b21-11+.